The molecule has 0 bridgehead atoms. The zero-order valence-corrected chi connectivity index (χ0v) is 17.4. The summed E-state index contributed by atoms with van der Waals surface area (Å²) >= 11 is 19.0. The summed E-state index contributed by atoms with van der Waals surface area (Å²) in [6, 6.07) is 4.82. The van der Waals surface area contributed by atoms with Gasteiger partial charge >= 0.3 is 0 Å². The fourth-order valence-corrected chi connectivity index (χ4v) is 3.88. The third kappa shape index (κ3) is 3.35. The average Bonchev–Trinajstić information content (AvgIpc) is 2.62. The van der Waals surface area contributed by atoms with Gasteiger partial charge in [0.15, 0.2) is 0 Å². The van der Waals surface area contributed by atoms with E-state index in [0.717, 1.165) is 5.39 Å². The van der Waals surface area contributed by atoms with E-state index in [0.29, 0.717) is 33.3 Å². The highest BCUT2D eigenvalue weighted by Gasteiger charge is 2.23. The first-order valence-corrected chi connectivity index (χ1v) is 9.24. The molecule has 1 aromatic carbocycles. The highest BCUT2D eigenvalue weighted by molar-refractivity contribution is 6.41. The quantitative estimate of drug-likeness (QED) is 0.507. The molecule has 0 unspecified atom stereocenters. The van der Waals surface area contributed by atoms with Crippen molar-refractivity contribution in [3.8, 4) is 22.6 Å². The first kappa shape index (κ1) is 19.8. The van der Waals surface area contributed by atoms with Crippen molar-refractivity contribution >= 4 is 45.7 Å². The lowest BCUT2D eigenvalue weighted by molar-refractivity contribution is 0.395. The Morgan fingerprint density at radius 1 is 1.00 bits per heavy atom. The minimum absolute atomic E-state index is 0.122. The highest BCUT2D eigenvalue weighted by atomic mass is 35.5. The molecule has 27 heavy (non-hydrogen) atoms. The predicted molar refractivity (Wildman–Crippen MR) is 110 cm³/mol. The van der Waals surface area contributed by atoms with Crippen LogP contribution in [-0.2, 0) is 0 Å². The van der Waals surface area contributed by atoms with Gasteiger partial charge in [-0.2, -0.15) is 0 Å². The van der Waals surface area contributed by atoms with Crippen LogP contribution in [0.5, 0.6) is 11.5 Å². The molecule has 8 heteroatoms. The van der Waals surface area contributed by atoms with Crippen molar-refractivity contribution in [2.75, 3.05) is 14.2 Å². The van der Waals surface area contributed by atoms with Crippen LogP contribution in [0.25, 0.3) is 22.0 Å². The van der Waals surface area contributed by atoms with E-state index in [1.165, 1.54) is 14.2 Å². The van der Waals surface area contributed by atoms with Gasteiger partial charge in [0, 0.05) is 29.3 Å². The minimum atomic E-state index is -0.251. The minimum Gasteiger partial charge on any atom is -0.495 e. The van der Waals surface area contributed by atoms with Gasteiger partial charge in [-0.1, -0.05) is 34.8 Å². The van der Waals surface area contributed by atoms with Crippen molar-refractivity contribution < 1.29 is 9.47 Å². The van der Waals surface area contributed by atoms with Crippen LogP contribution in [0.15, 0.2) is 29.2 Å². The lowest BCUT2D eigenvalue weighted by Crippen LogP contribution is -2.24. The van der Waals surface area contributed by atoms with E-state index >= 15 is 0 Å². The number of rotatable bonds is 4. The van der Waals surface area contributed by atoms with Gasteiger partial charge in [0.25, 0.3) is 5.56 Å². The number of hydrogen-bond donors (Lipinski definition) is 0. The summed E-state index contributed by atoms with van der Waals surface area (Å²) in [5, 5.41) is 1.51. The number of aromatic nitrogens is 2. The molecule has 0 fully saturated rings. The Labute approximate surface area is 171 Å². The summed E-state index contributed by atoms with van der Waals surface area (Å²) in [4.78, 5) is 17.5. The molecular formula is C19H17Cl3N2O3. The van der Waals surface area contributed by atoms with Gasteiger partial charge in [0.05, 0.1) is 35.3 Å². The molecular weight excluding hydrogens is 411 g/mol. The summed E-state index contributed by atoms with van der Waals surface area (Å²) in [5.74, 6) is 0.718. The Balaban J connectivity index is 2.48. The van der Waals surface area contributed by atoms with Crippen molar-refractivity contribution in [3.63, 3.8) is 0 Å². The predicted octanol–water partition coefficient (Wildman–Crippen LogP) is 5.62. The van der Waals surface area contributed by atoms with E-state index < -0.39 is 0 Å². The van der Waals surface area contributed by atoms with E-state index in [1.807, 2.05) is 13.8 Å². The topological polar surface area (TPSA) is 53.4 Å². The largest absolute Gasteiger partial charge is 0.495 e. The van der Waals surface area contributed by atoms with Crippen molar-refractivity contribution in [1.82, 2.24) is 9.55 Å². The van der Waals surface area contributed by atoms with Crippen molar-refractivity contribution in [1.29, 1.82) is 0 Å². The van der Waals surface area contributed by atoms with Crippen LogP contribution in [0.3, 0.4) is 0 Å². The number of benzene rings is 1. The smallest absolute Gasteiger partial charge is 0.259 e. The van der Waals surface area contributed by atoms with Crippen LogP contribution in [-0.4, -0.2) is 23.8 Å². The van der Waals surface area contributed by atoms with Crippen LogP contribution < -0.4 is 15.0 Å². The Morgan fingerprint density at radius 3 is 2.11 bits per heavy atom. The molecule has 0 aliphatic rings. The fourth-order valence-electron chi connectivity index (χ4n) is 3.02. The fraction of sp³-hybridized carbons (Fsp3) is 0.263. The summed E-state index contributed by atoms with van der Waals surface area (Å²) in [5.41, 5.74) is 1.11. The maximum Gasteiger partial charge on any atom is 0.259 e. The zero-order valence-electron chi connectivity index (χ0n) is 15.1. The molecule has 5 nitrogen and oxygen atoms in total. The van der Waals surface area contributed by atoms with Gasteiger partial charge in [0.1, 0.15) is 16.7 Å². The molecule has 142 valence electrons. The Morgan fingerprint density at radius 2 is 1.59 bits per heavy atom. The maximum absolute atomic E-state index is 13.3. The Kier molecular flexibility index (Phi) is 5.56. The number of pyridine rings is 2. The van der Waals surface area contributed by atoms with Gasteiger partial charge in [-0.25, -0.2) is 4.98 Å². The van der Waals surface area contributed by atoms with E-state index in [9.17, 15) is 4.79 Å². The number of halogens is 3. The monoisotopic (exact) mass is 426 g/mol. The van der Waals surface area contributed by atoms with E-state index in [-0.39, 0.29) is 21.6 Å². The van der Waals surface area contributed by atoms with Crippen molar-refractivity contribution in [2.24, 2.45) is 0 Å². The maximum atomic E-state index is 13.3. The second-order valence-electron chi connectivity index (χ2n) is 6.18. The number of nitrogens with zero attached hydrogens (tertiary/aromatic N) is 2. The molecule has 0 radical (unpaired) electrons. The third-order valence-corrected chi connectivity index (χ3v) is 5.20. The summed E-state index contributed by atoms with van der Waals surface area (Å²) in [7, 11) is 2.97. The lowest BCUT2D eigenvalue weighted by Gasteiger charge is -2.19. The molecule has 3 aromatic rings. The summed E-state index contributed by atoms with van der Waals surface area (Å²) < 4.78 is 12.3. The summed E-state index contributed by atoms with van der Waals surface area (Å²) in [6.07, 6.45) is 1.61. The molecule has 0 saturated heterocycles. The Hall–Kier alpha value is -1.95. The van der Waals surface area contributed by atoms with Crippen LogP contribution in [0.2, 0.25) is 15.2 Å². The molecule has 0 amide bonds. The molecule has 0 aliphatic carbocycles. The summed E-state index contributed by atoms with van der Waals surface area (Å²) in [6.45, 7) is 3.82. The van der Waals surface area contributed by atoms with Crippen LogP contribution in [0, 0.1) is 0 Å². The number of hydrogen-bond acceptors (Lipinski definition) is 4. The molecule has 3 rings (SSSR count). The van der Waals surface area contributed by atoms with E-state index in [1.54, 1.807) is 29.0 Å². The van der Waals surface area contributed by atoms with E-state index in [4.69, 9.17) is 44.3 Å². The molecule has 2 heterocycles. The molecule has 0 aliphatic heterocycles. The van der Waals surface area contributed by atoms with Crippen molar-refractivity contribution in [3.05, 3.63) is 49.9 Å². The average molecular weight is 428 g/mol. The zero-order chi connectivity index (χ0) is 19.9. The molecule has 2 aromatic heterocycles. The second kappa shape index (κ2) is 7.58. The van der Waals surface area contributed by atoms with Gasteiger partial charge < -0.3 is 14.0 Å². The van der Waals surface area contributed by atoms with Gasteiger partial charge in [-0.05, 0) is 26.0 Å². The van der Waals surface area contributed by atoms with Crippen LogP contribution >= 0.6 is 34.8 Å². The first-order valence-electron chi connectivity index (χ1n) is 8.11. The molecule has 0 saturated carbocycles. The van der Waals surface area contributed by atoms with E-state index in [2.05, 4.69) is 4.98 Å². The SMILES string of the molecule is COc1cc(OC)c(Cl)c(-c2cc3cnc(Cl)cc3n(C(C)C)c2=O)c1Cl. The number of methoxy groups -OCH3 is 2. The van der Waals surface area contributed by atoms with Gasteiger partial charge in [-0.3, -0.25) is 4.79 Å². The lowest BCUT2D eigenvalue weighted by atomic mass is 10.0. The highest BCUT2D eigenvalue weighted by Crippen LogP contribution is 2.45. The van der Waals surface area contributed by atoms with Gasteiger partial charge in [0.2, 0.25) is 0 Å². The van der Waals surface area contributed by atoms with Gasteiger partial charge in [-0.15, -0.1) is 0 Å². The molecule has 0 atom stereocenters. The van der Waals surface area contributed by atoms with Crippen LogP contribution in [0.1, 0.15) is 19.9 Å². The number of fused-ring (bicyclic) bond motifs is 1. The van der Waals surface area contributed by atoms with Crippen LogP contribution in [0.4, 0.5) is 0 Å². The number of ether oxygens (including phenoxy) is 2. The molecule has 0 spiro atoms. The van der Waals surface area contributed by atoms with Crippen molar-refractivity contribution in [2.45, 2.75) is 19.9 Å². The second-order valence-corrected chi connectivity index (χ2v) is 7.32. The third-order valence-electron chi connectivity index (χ3n) is 4.25. The normalized spacial score (nSPS) is 11.3. The first-order chi connectivity index (χ1) is 12.8. The standard InChI is InChI=1S/C19H17Cl3N2O3/c1-9(2)24-12-6-15(20)23-8-10(12)5-11(19(24)25)16-17(21)13(26-3)7-14(27-4)18(16)22/h5-9H,1-4H3. The molecule has 0 N–H and O–H groups in total. The Bertz CT molecular complexity index is 1070.